The molecule has 0 radical (unpaired) electrons. The molecular formula is C27H40F2N4O4. The number of ether oxygens (including phenoxy) is 1. The lowest BCUT2D eigenvalue weighted by Crippen LogP contribution is -2.59. The molecule has 10 heteroatoms. The summed E-state index contributed by atoms with van der Waals surface area (Å²) < 4.78 is 33.5. The quantitative estimate of drug-likeness (QED) is 0.548. The zero-order chi connectivity index (χ0) is 27.7. The van der Waals surface area contributed by atoms with Crippen molar-refractivity contribution in [3.63, 3.8) is 0 Å². The van der Waals surface area contributed by atoms with Crippen LogP contribution < -0.4 is 15.4 Å². The normalized spacial score (nSPS) is 23.1. The van der Waals surface area contributed by atoms with Crippen molar-refractivity contribution >= 4 is 17.7 Å². The highest BCUT2D eigenvalue weighted by Gasteiger charge is 2.54. The van der Waals surface area contributed by atoms with Crippen molar-refractivity contribution in [2.24, 2.45) is 11.3 Å². The third-order valence-corrected chi connectivity index (χ3v) is 7.17. The number of likely N-dealkylation sites (tertiary alicyclic amines) is 2. The van der Waals surface area contributed by atoms with Crippen molar-refractivity contribution in [2.75, 3.05) is 20.1 Å². The third kappa shape index (κ3) is 6.40. The Kier molecular flexibility index (Phi) is 8.82. The van der Waals surface area contributed by atoms with Gasteiger partial charge in [0.05, 0.1) is 24.7 Å². The Bertz CT molecular complexity index is 1010. The standard InChI is InChI=1S/C27H40F2N4O4/c1-15(2)12-22(34)33-14-21(37-17-8-9-18(28)19(29)13-17)23-20(33)10-11-32(23)26(36)24(27(4,5)6)31-25(35)16(3)30-7/h8-9,13,15-16,20-21,23-24,30H,10-12,14H2,1-7H3,(H,31,35). The van der Waals surface area contributed by atoms with Gasteiger partial charge in [-0.2, -0.15) is 0 Å². The minimum Gasteiger partial charge on any atom is -0.486 e. The fraction of sp³-hybridized carbons (Fsp3) is 0.667. The van der Waals surface area contributed by atoms with Gasteiger partial charge in [0, 0.05) is 19.0 Å². The summed E-state index contributed by atoms with van der Waals surface area (Å²) >= 11 is 0. The van der Waals surface area contributed by atoms with Crippen LogP contribution in [0.4, 0.5) is 8.78 Å². The van der Waals surface area contributed by atoms with Crippen LogP contribution in [0.25, 0.3) is 0 Å². The van der Waals surface area contributed by atoms with Crippen LogP contribution in [0, 0.1) is 23.0 Å². The number of rotatable bonds is 8. The average Bonchev–Trinajstić information content (AvgIpc) is 3.39. The van der Waals surface area contributed by atoms with Gasteiger partial charge in [0.1, 0.15) is 17.9 Å². The molecule has 3 rings (SSSR count). The molecule has 5 atom stereocenters. The number of amides is 3. The van der Waals surface area contributed by atoms with Gasteiger partial charge in [-0.25, -0.2) is 8.78 Å². The molecule has 0 spiro atoms. The average molecular weight is 523 g/mol. The SMILES string of the molecule is CNC(C)C(=O)NC(C(=O)N1CCC2C1C(Oc1ccc(F)c(F)c1)CN2C(=O)CC(C)C)C(C)(C)C. The summed E-state index contributed by atoms with van der Waals surface area (Å²) in [6.07, 6.45) is 0.290. The second-order valence-electron chi connectivity index (χ2n) is 11.6. The first-order valence-corrected chi connectivity index (χ1v) is 12.9. The molecule has 2 heterocycles. The molecule has 0 bridgehead atoms. The molecule has 1 aromatic carbocycles. The van der Waals surface area contributed by atoms with Crippen LogP contribution in [0.5, 0.6) is 5.75 Å². The first-order chi connectivity index (χ1) is 17.2. The molecule has 8 nitrogen and oxygen atoms in total. The van der Waals surface area contributed by atoms with E-state index in [0.717, 1.165) is 12.1 Å². The number of hydrogen-bond donors (Lipinski definition) is 2. The molecule has 1 aromatic rings. The van der Waals surface area contributed by atoms with Gasteiger partial charge in [0.25, 0.3) is 0 Å². The number of benzene rings is 1. The van der Waals surface area contributed by atoms with Gasteiger partial charge in [0.15, 0.2) is 11.6 Å². The van der Waals surface area contributed by atoms with Gasteiger partial charge < -0.3 is 25.2 Å². The van der Waals surface area contributed by atoms with Crippen molar-refractivity contribution in [3.8, 4) is 5.75 Å². The molecular weight excluding hydrogens is 482 g/mol. The number of hydrogen-bond acceptors (Lipinski definition) is 5. The number of likely N-dealkylation sites (N-methyl/N-ethyl adjacent to an activating group) is 1. The van der Waals surface area contributed by atoms with E-state index in [2.05, 4.69) is 10.6 Å². The second-order valence-corrected chi connectivity index (χ2v) is 11.6. The fourth-order valence-corrected chi connectivity index (χ4v) is 5.08. The number of carbonyl (C=O) groups excluding carboxylic acids is 3. The van der Waals surface area contributed by atoms with Crippen LogP contribution in [0.1, 0.15) is 54.4 Å². The molecule has 0 aliphatic carbocycles. The van der Waals surface area contributed by atoms with E-state index < -0.39 is 41.3 Å². The molecule has 2 saturated heterocycles. The highest BCUT2D eigenvalue weighted by atomic mass is 19.2. The number of carbonyl (C=O) groups is 3. The molecule has 0 saturated carbocycles. The zero-order valence-corrected chi connectivity index (χ0v) is 22.8. The molecule has 5 unspecified atom stereocenters. The minimum atomic E-state index is -1.03. The number of halogens is 2. The Hall–Kier alpha value is -2.75. The van der Waals surface area contributed by atoms with Crippen molar-refractivity contribution in [1.29, 1.82) is 0 Å². The topological polar surface area (TPSA) is 91.0 Å². The minimum absolute atomic E-state index is 0.0285. The number of nitrogens with one attached hydrogen (secondary N) is 2. The summed E-state index contributed by atoms with van der Waals surface area (Å²) in [5.74, 6) is -2.31. The Balaban J connectivity index is 1.92. The van der Waals surface area contributed by atoms with Gasteiger partial charge >= 0.3 is 0 Å². The summed E-state index contributed by atoms with van der Waals surface area (Å²) in [6.45, 7) is 11.9. The predicted molar refractivity (Wildman–Crippen MR) is 136 cm³/mol. The van der Waals surface area contributed by atoms with E-state index in [0.29, 0.717) is 19.4 Å². The summed E-state index contributed by atoms with van der Waals surface area (Å²) in [7, 11) is 1.67. The Morgan fingerprint density at radius 3 is 2.35 bits per heavy atom. The van der Waals surface area contributed by atoms with E-state index in [1.807, 2.05) is 34.6 Å². The van der Waals surface area contributed by atoms with E-state index in [1.165, 1.54) is 6.07 Å². The summed E-state index contributed by atoms with van der Waals surface area (Å²) in [5.41, 5.74) is -0.583. The summed E-state index contributed by atoms with van der Waals surface area (Å²) in [5, 5.41) is 5.78. The maximum atomic E-state index is 14.0. The van der Waals surface area contributed by atoms with E-state index in [4.69, 9.17) is 4.74 Å². The fourth-order valence-electron chi connectivity index (χ4n) is 5.08. The largest absolute Gasteiger partial charge is 0.486 e. The Morgan fingerprint density at radius 1 is 1.11 bits per heavy atom. The Morgan fingerprint density at radius 2 is 1.78 bits per heavy atom. The number of nitrogens with zero attached hydrogens (tertiary/aromatic N) is 2. The molecule has 206 valence electrons. The molecule has 2 aliphatic rings. The van der Waals surface area contributed by atoms with Crippen molar-refractivity contribution in [3.05, 3.63) is 29.8 Å². The molecule has 37 heavy (non-hydrogen) atoms. The molecule has 2 fully saturated rings. The lowest BCUT2D eigenvalue weighted by Gasteiger charge is -2.37. The first-order valence-electron chi connectivity index (χ1n) is 12.9. The smallest absolute Gasteiger partial charge is 0.246 e. The highest BCUT2D eigenvalue weighted by molar-refractivity contribution is 5.90. The van der Waals surface area contributed by atoms with Gasteiger partial charge in [0.2, 0.25) is 17.7 Å². The molecule has 0 aromatic heterocycles. The molecule has 3 amide bonds. The lowest BCUT2D eigenvalue weighted by atomic mass is 9.85. The summed E-state index contributed by atoms with van der Waals surface area (Å²) in [4.78, 5) is 43.2. The van der Waals surface area contributed by atoms with E-state index in [9.17, 15) is 23.2 Å². The van der Waals surface area contributed by atoms with Crippen molar-refractivity contribution in [1.82, 2.24) is 20.4 Å². The van der Waals surface area contributed by atoms with Gasteiger partial charge in [-0.05, 0) is 43.9 Å². The van der Waals surface area contributed by atoms with E-state index in [1.54, 1.807) is 23.8 Å². The van der Waals surface area contributed by atoms with Crippen LogP contribution in [-0.2, 0) is 14.4 Å². The zero-order valence-electron chi connectivity index (χ0n) is 22.8. The van der Waals surface area contributed by atoms with Crippen molar-refractivity contribution < 1.29 is 27.9 Å². The van der Waals surface area contributed by atoms with Crippen LogP contribution in [0.2, 0.25) is 0 Å². The first kappa shape index (κ1) is 28.8. The van der Waals surface area contributed by atoms with Crippen molar-refractivity contribution in [2.45, 2.75) is 84.7 Å². The van der Waals surface area contributed by atoms with Gasteiger partial charge in [-0.3, -0.25) is 14.4 Å². The van der Waals surface area contributed by atoms with Crippen LogP contribution in [-0.4, -0.2) is 77.9 Å². The van der Waals surface area contributed by atoms with Gasteiger partial charge in [-0.1, -0.05) is 34.6 Å². The molecule has 2 aliphatic heterocycles. The maximum absolute atomic E-state index is 14.0. The molecule has 2 N–H and O–H groups in total. The van der Waals surface area contributed by atoms with E-state index in [-0.39, 0.29) is 42.0 Å². The van der Waals surface area contributed by atoms with Crippen LogP contribution in [0.15, 0.2) is 18.2 Å². The monoisotopic (exact) mass is 522 g/mol. The predicted octanol–water partition coefficient (Wildman–Crippen LogP) is 2.71. The third-order valence-electron chi connectivity index (χ3n) is 7.17. The van der Waals surface area contributed by atoms with Crippen LogP contribution in [0.3, 0.4) is 0 Å². The van der Waals surface area contributed by atoms with E-state index >= 15 is 0 Å². The highest BCUT2D eigenvalue weighted by Crippen LogP contribution is 2.37. The Labute approximate surface area is 218 Å². The second kappa shape index (κ2) is 11.3. The lowest BCUT2D eigenvalue weighted by molar-refractivity contribution is -0.141. The van der Waals surface area contributed by atoms with Gasteiger partial charge in [-0.15, -0.1) is 0 Å². The maximum Gasteiger partial charge on any atom is 0.246 e. The number of fused-ring (bicyclic) bond motifs is 1. The van der Waals surface area contributed by atoms with Crippen LogP contribution >= 0.6 is 0 Å². The summed E-state index contributed by atoms with van der Waals surface area (Å²) in [6, 6.07) is 1.26.